The van der Waals surface area contributed by atoms with E-state index >= 15 is 0 Å². The molecule has 27 heavy (non-hydrogen) atoms. The summed E-state index contributed by atoms with van der Waals surface area (Å²) in [5, 5.41) is 13.8. The minimum absolute atomic E-state index is 0.525. The number of aryl methyl sites for hydroxylation is 1. The van der Waals surface area contributed by atoms with Crippen molar-refractivity contribution in [2.75, 3.05) is 5.32 Å². The molecular formula is C22H21N3O2. The first-order chi connectivity index (χ1) is 13.2. The third kappa shape index (κ3) is 3.78. The van der Waals surface area contributed by atoms with Crippen LogP contribution in [0, 0.1) is 6.92 Å². The van der Waals surface area contributed by atoms with Crippen molar-refractivity contribution in [1.29, 1.82) is 0 Å². The predicted octanol–water partition coefficient (Wildman–Crippen LogP) is 4.32. The molecule has 136 valence electrons. The highest BCUT2D eigenvalue weighted by molar-refractivity contribution is 5.49. The zero-order chi connectivity index (χ0) is 18.6. The Morgan fingerprint density at radius 1 is 1.00 bits per heavy atom. The van der Waals surface area contributed by atoms with Crippen LogP contribution >= 0.6 is 0 Å². The van der Waals surface area contributed by atoms with Crippen LogP contribution in [0.3, 0.4) is 0 Å². The highest BCUT2D eigenvalue weighted by Crippen LogP contribution is 2.23. The lowest BCUT2D eigenvalue weighted by Gasteiger charge is -2.15. The van der Waals surface area contributed by atoms with E-state index in [0.29, 0.717) is 6.61 Å². The van der Waals surface area contributed by atoms with E-state index in [1.807, 2.05) is 90.3 Å². The van der Waals surface area contributed by atoms with E-state index in [4.69, 9.17) is 4.74 Å². The highest BCUT2D eigenvalue weighted by Gasteiger charge is 2.16. The van der Waals surface area contributed by atoms with Crippen LogP contribution in [0.5, 0.6) is 5.75 Å². The molecule has 0 saturated heterocycles. The summed E-state index contributed by atoms with van der Waals surface area (Å²) in [4.78, 5) is 4.49. The largest absolute Gasteiger partial charge is 0.489 e. The maximum atomic E-state index is 10.7. The molecule has 0 amide bonds. The second-order valence-electron chi connectivity index (χ2n) is 6.36. The molecule has 0 radical (unpaired) electrons. The Morgan fingerprint density at radius 2 is 1.74 bits per heavy atom. The number of ether oxygens (including phenoxy) is 1. The fraction of sp³-hybridized carbons (Fsp3) is 0.136. The molecule has 0 aliphatic carbocycles. The number of rotatable bonds is 6. The number of hydrogen-bond acceptors (Lipinski definition) is 4. The Balaban J connectivity index is 1.44. The van der Waals surface area contributed by atoms with E-state index in [2.05, 4.69) is 10.3 Å². The Kier molecular flexibility index (Phi) is 4.77. The van der Waals surface area contributed by atoms with Gasteiger partial charge in [-0.25, -0.2) is 4.98 Å². The van der Waals surface area contributed by atoms with Gasteiger partial charge >= 0.3 is 0 Å². The van der Waals surface area contributed by atoms with E-state index in [1.165, 1.54) is 0 Å². The topological polar surface area (TPSA) is 58.8 Å². The van der Waals surface area contributed by atoms with Crippen molar-refractivity contribution in [1.82, 2.24) is 9.38 Å². The maximum Gasteiger partial charge on any atom is 0.168 e. The molecule has 0 spiro atoms. The molecule has 0 fully saturated rings. The van der Waals surface area contributed by atoms with Gasteiger partial charge in [0, 0.05) is 11.9 Å². The lowest BCUT2D eigenvalue weighted by atomic mass is 10.2. The lowest BCUT2D eigenvalue weighted by Crippen LogP contribution is -2.13. The standard InChI is InChI=1S/C22H21N3O2/c1-16-21(25-14-6-5-9-20(25)23-16)22(26)24-18-10-12-19(13-11-18)27-15-17-7-3-2-4-8-17/h2-14,22,24,26H,15H2,1H3. The first-order valence-electron chi connectivity index (χ1n) is 8.86. The van der Waals surface area contributed by atoms with Gasteiger partial charge in [0.2, 0.25) is 0 Å². The average Bonchev–Trinajstić information content (AvgIpc) is 3.04. The van der Waals surface area contributed by atoms with Crippen LogP contribution in [-0.2, 0) is 6.61 Å². The van der Waals surface area contributed by atoms with Crippen LogP contribution < -0.4 is 10.1 Å². The van der Waals surface area contributed by atoms with Crippen molar-refractivity contribution in [3.05, 3.63) is 95.9 Å². The zero-order valence-electron chi connectivity index (χ0n) is 15.0. The molecule has 0 saturated carbocycles. The van der Waals surface area contributed by atoms with Crippen LogP contribution in [0.4, 0.5) is 5.69 Å². The van der Waals surface area contributed by atoms with E-state index < -0.39 is 6.23 Å². The summed E-state index contributed by atoms with van der Waals surface area (Å²) in [6.07, 6.45) is 1.04. The highest BCUT2D eigenvalue weighted by atomic mass is 16.5. The number of aliphatic hydroxyl groups is 1. The number of anilines is 1. The van der Waals surface area contributed by atoms with E-state index in [0.717, 1.165) is 34.0 Å². The first-order valence-corrected chi connectivity index (χ1v) is 8.86. The van der Waals surface area contributed by atoms with Crippen molar-refractivity contribution in [2.24, 2.45) is 0 Å². The number of benzene rings is 2. The quantitative estimate of drug-likeness (QED) is 0.503. The second-order valence-corrected chi connectivity index (χ2v) is 6.36. The number of aromatic nitrogens is 2. The molecule has 5 nitrogen and oxygen atoms in total. The summed E-state index contributed by atoms with van der Waals surface area (Å²) in [6, 6.07) is 23.4. The number of pyridine rings is 1. The molecule has 2 heterocycles. The maximum absolute atomic E-state index is 10.7. The summed E-state index contributed by atoms with van der Waals surface area (Å²) >= 11 is 0. The predicted molar refractivity (Wildman–Crippen MR) is 106 cm³/mol. The van der Waals surface area contributed by atoms with E-state index in [-0.39, 0.29) is 0 Å². The Labute approximate surface area is 157 Å². The van der Waals surface area contributed by atoms with Crippen LogP contribution in [0.2, 0.25) is 0 Å². The third-order valence-electron chi connectivity index (χ3n) is 4.42. The molecule has 2 aromatic carbocycles. The third-order valence-corrected chi connectivity index (χ3v) is 4.42. The summed E-state index contributed by atoms with van der Waals surface area (Å²) in [5.41, 5.74) is 4.27. The van der Waals surface area contributed by atoms with Gasteiger partial charge in [-0.05, 0) is 48.9 Å². The zero-order valence-corrected chi connectivity index (χ0v) is 15.0. The normalized spacial score (nSPS) is 12.1. The molecule has 4 rings (SSSR count). The van der Waals surface area contributed by atoms with Gasteiger partial charge < -0.3 is 15.2 Å². The molecule has 4 aromatic rings. The smallest absolute Gasteiger partial charge is 0.168 e. The second kappa shape index (κ2) is 7.51. The van der Waals surface area contributed by atoms with Crippen molar-refractivity contribution < 1.29 is 9.84 Å². The number of imidazole rings is 1. The number of fused-ring (bicyclic) bond motifs is 1. The summed E-state index contributed by atoms with van der Waals surface area (Å²) in [6.45, 7) is 2.42. The van der Waals surface area contributed by atoms with Gasteiger partial charge in [-0.15, -0.1) is 0 Å². The van der Waals surface area contributed by atoms with Gasteiger partial charge in [-0.2, -0.15) is 0 Å². The monoisotopic (exact) mass is 359 g/mol. The molecule has 0 aliphatic rings. The van der Waals surface area contributed by atoms with Gasteiger partial charge in [-0.3, -0.25) is 4.40 Å². The number of aliphatic hydroxyl groups excluding tert-OH is 1. The van der Waals surface area contributed by atoms with Gasteiger partial charge in [0.15, 0.2) is 6.23 Å². The summed E-state index contributed by atoms with van der Waals surface area (Å²) < 4.78 is 7.69. The van der Waals surface area contributed by atoms with Gasteiger partial charge in [0.25, 0.3) is 0 Å². The van der Waals surface area contributed by atoms with Crippen LogP contribution in [-0.4, -0.2) is 14.5 Å². The summed E-state index contributed by atoms with van der Waals surface area (Å²) in [7, 11) is 0. The van der Waals surface area contributed by atoms with Gasteiger partial charge in [0.1, 0.15) is 18.0 Å². The average molecular weight is 359 g/mol. The van der Waals surface area contributed by atoms with E-state index in [9.17, 15) is 5.11 Å². The molecule has 2 N–H and O–H groups in total. The van der Waals surface area contributed by atoms with Crippen molar-refractivity contribution >= 4 is 11.3 Å². The number of nitrogens with one attached hydrogen (secondary N) is 1. The molecule has 0 bridgehead atoms. The molecule has 0 aliphatic heterocycles. The Morgan fingerprint density at radius 3 is 2.52 bits per heavy atom. The number of hydrogen-bond donors (Lipinski definition) is 2. The van der Waals surface area contributed by atoms with Gasteiger partial charge in [-0.1, -0.05) is 36.4 Å². The fourth-order valence-corrected chi connectivity index (χ4v) is 3.08. The van der Waals surface area contributed by atoms with Crippen molar-refractivity contribution in [2.45, 2.75) is 19.8 Å². The minimum Gasteiger partial charge on any atom is -0.489 e. The SMILES string of the molecule is Cc1nc2ccccn2c1C(O)Nc1ccc(OCc2ccccc2)cc1. The molecule has 5 heteroatoms. The molecule has 2 aromatic heterocycles. The molecular weight excluding hydrogens is 338 g/mol. The van der Waals surface area contributed by atoms with Crippen LogP contribution in [0.15, 0.2) is 79.0 Å². The number of nitrogens with zero attached hydrogens (tertiary/aromatic N) is 2. The van der Waals surface area contributed by atoms with Gasteiger partial charge in [0.05, 0.1) is 11.4 Å². The minimum atomic E-state index is -0.863. The molecule has 1 atom stereocenters. The molecule has 1 unspecified atom stereocenters. The first kappa shape index (κ1) is 17.1. The fourth-order valence-electron chi connectivity index (χ4n) is 3.08. The summed E-state index contributed by atoms with van der Waals surface area (Å²) in [5.74, 6) is 0.782. The van der Waals surface area contributed by atoms with Crippen molar-refractivity contribution in [3.63, 3.8) is 0 Å². The van der Waals surface area contributed by atoms with Crippen molar-refractivity contribution in [3.8, 4) is 5.75 Å². The Bertz CT molecular complexity index is 1030. The lowest BCUT2D eigenvalue weighted by molar-refractivity contribution is 0.201. The van der Waals surface area contributed by atoms with Crippen LogP contribution in [0.1, 0.15) is 23.2 Å². The van der Waals surface area contributed by atoms with E-state index in [1.54, 1.807) is 0 Å². The van der Waals surface area contributed by atoms with Crippen LogP contribution in [0.25, 0.3) is 5.65 Å². The Hall–Kier alpha value is -3.31.